The minimum atomic E-state index is -0.0940. The Morgan fingerprint density at radius 3 is 2.65 bits per heavy atom. The summed E-state index contributed by atoms with van der Waals surface area (Å²) in [6, 6.07) is 16.1. The summed E-state index contributed by atoms with van der Waals surface area (Å²) in [5.74, 6) is 0.561. The van der Waals surface area contributed by atoms with Gasteiger partial charge in [0.1, 0.15) is 5.75 Å². The van der Waals surface area contributed by atoms with Gasteiger partial charge in [0.25, 0.3) is 0 Å². The molecule has 0 bridgehead atoms. The van der Waals surface area contributed by atoms with Gasteiger partial charge in [-0.05, 0) is 74.8 Å². The number of pyridine rings is 1. The number of rotatable bonds is 8. The predicted octanol–water partition coefficient (Wildman–Crippen LogP) is 5.62. The number of thiocarbonyl (C=S) groups is 1. The lowest BCUT2D eigenvalue weighted by Gasteiger charge is -2.28. The fourth-order valence-electron chi connectivity index (χ4n) is 5.99. The molecule has 0 unspecified atom stereocenters. The van der Waals surface area contributed by atoms with Gasteiger partial charge in [-0.25, -0.2) is 0 Å². The van der Waals surface area contributed by atoms with Gasteiger partial charge in [0.15, 0.2) is 5.11 Å². The zero-order valence-electron chi connectivity index (χ0n) is 21.7. The molecule has 0 spiro atoms. The van der Waals surface area contributed by atoms with E-state index in [-0.39, 0.29) is 18.0 Å². The Bertz CT molecular complexity index is 1270. The average molecular weight is 518 g/mol. The molecule has 2 aliphatic rings. The second kappa shape index (κ2) is 10.9. The van der Waals surface area contributed by atoms with Gasteiger partial charge in [-0.15, -0.1) is 0 Å². The van der Waals surface area contributed by atoms with Gasteiger partial charge >= 0.3 is 0 Å². The van der Waals surface area contributed by atoms with Gasteiger partial charge in [0.2, 0.25) is 5.91 Å². The SMILES string of the molecule is COc1ccccc1NC(=O)CCN1C(=S)N[C@@H](c2ccccn2)[C@H]1c1cc(C)n(C2CCCC2)c1C. The third kappa shape index (κ3) is 5.07. The molecule has 1 saturated carbocycles. The minimum absolute atomic E-state index is 0.0529. The van der Waals surface area contributed by atoms with Crippen LogP contribution in [0.4, 0.5) is 5.69 Å². The molecule has 2 N–H and O–H groups in total. The number of methoxy groups -OCH3 is 1. The molecule has 1 aliphatic heterocycles. The number of carbonyl (C=O) groups is 1. The summed E-state index contributed by atoms with van der Waals surface area (Å²) in [7, 11) is 1.60. The maximum Gasteiger partial charge on any atom is 0.226 e. The molecule has 3 aromatic rings. The Labute approximate surface area is 224 Å². The molecule has 2 aromatic heterocycles. The standard InChI is InChI=1S/C29H35N5O2S/c1-19-18-22(20(2)34(19)21-10-4-5-11-21)28-27(24-13-8-9-16-30-24)32-29(37)33(28)17-15-26(35)31-23-12-6-7-14-25(23)36-3/h6-9,12-14,16,18,21,27-28H,4-5,10-11,15,17H2,1-3H3,(H,31,35)(H,32,37)/t27-,28+/m0/s1. The number of anilines is 1. The summed E-state index contributed by atoms with van der Waals surface area (Å²) in [5.41, 5.74) is 5.43. The highest BCUT2D eigenvalue weighted by Gasteiger charge is 2.41. The van der Waals surface area contributed by atoms with Gasteiger partial charge in [0, 0.05) is 36.6 Å². The van der Waals surface area contributed by atoms with Crippen molar-refractivity contribution in [3.05, 3.63) is 77.4 Å². The highest BCUT2D eigenvalue weighted by Crippen LogP contribution is 2.43. The highest BCUT2D eigenvalue weighted by atomic mass is 32.1. The summed E-state index contributed by atoms with van der Waals surface area (Å²) >= 11 is 5.83. The van der Waals surface area contributed by atoms with Crippen molar-refractivity contribution in [1.29, 1.82) is 0 Å². The van der Waals surface area contributed by atoms with E-state index in [0.717, 1.165) is 5.69 Å². The molecule has 1 saturated heterocycles. The van der Waals surface area contributed by atoms with E-state index in [1.54, 1.807) is 7.11 Å². The van der Waals surface area contributed by atoms with Crippen LogP contribution in [0.5, 0.6) is 5.75 Å². The van der Waals surface area contributed by atoms with Crippen LogP contribution in [0.1, 0.15) is 72.9 Å². The highest BCUT2D eigenvalue weighted by molar-refractivity contribution is 7.80. The molecule has 5 rings (SSSR count). The number of nitrogens with zero attached hydrogens (tertiary/aromatic N) is 3. The quantitative estimate of drug-likeness (QED) is 0.378. The third-order valence-corrected chi connectivity index (χ3v) is 8.04. The summed E-state index contributed by atoms with van der Waals surface area (Å²) in [4.78, 5) is 19.8. The zero-order chi connectivity index (χ0) is 25.9. The molecule has 7 nitrogen and oxygen atoms in total. The van der Waals surface area contributed by atoms with Gasteiger partial charge in [0.05, 0.1) is 30.6 Å². The number of hydrogen-bond acceptors (Lipinski definition) is 4. The summed E-state index contributed by atoms with van der Waals surface area (Å²) < 4.78 is 7.90. The van der Waals surface area contributed by atoms with Crippen LogP contribution in [0, 0.1) is 13.8 Å². The van der Waals surface area contributed by atoms with Crippen LogP contribution in [0.15, 0.2) is 54.7 Å². The van der Waals surface area contributed by atoms with E-state index in [0.29, 0.717) is 35.6 Å². The zero-order valence-corrected chi connectivity index (χ0v) is 22.6. The van der Waals surface area contributed by atoms with E-state index < -0.39 is 0 Å². The van der Waals surface area contributed by atoms with Crippen molar-refractivity contribution in [1.82, 2.24) is 19.8 Å². The molecule has 1 amide bonds. The average Bonchev–Trinajstić information content (AvgIpc) is 3.61. The maximum atomic E-state index is 13.0. The van der Waals surface area contributed by atoms with E-state index >= 15 is 0 Å². The molecular formula is C29H35N5O2S. The number of carbonyl (C=O) groups excluding carboxylic acids is 1. The van der Waals surface area contributed by atoms with Crippen molar-refractivity contribution in [3.8, 4) is 5.75 Å². The number of ether oxygens (including phenoxy) is 1. The van der Waals surface area contributed by atoms with Crippen LogP contribution in [0.2, 0.25) is 0 Å². The lowest BCUT2D eigenvalue weighted by molar-refractivity contribution is -0.116. The van der Waals surface area contributed by atoms with E-state index in [2.05, 4.69) is 45.0 Å². The van der Waals surface area contributed by atoms with Crippen molar-refractivity contribution >= 4 is 28.9 Å². The molecule has 194 valence electrons. The minimum Gasteiger partial charge on any atom is -0.495 e. The molecule has 1 aliphatic carbocycles. The first-order valence-electron chi connectivity index (χ1n) is 13.1. The number of nitrogens with one attached hydrogen (secondary N) is 2. The Hall–Kier alpha value is -3.39. The monoisotopic (exact) mass is 517 g/mol. The molecule has 37 heavy (non-hydrogen) atoms. The third-order valence-electron chi connectivity index (χ3n) is 7.69. The van der Waals surface area contributed by atoms with Crippen molar-refractivity contribution in [2.24, 2.45) is 0 Å². The first kappa shape index (κ1) is 25.3. The maximum absolute atomic E-state index is 13.0. The smallest absolute Gasteiger partial charge is 0.226 e. The summed E-state index contributed by atoms with van der Waals surface area (Å²) in [5, 5.41) is 7.16. The lowest BCUT2D eigenvalue weighted by Crippen LogP contribution is -2.33. The largest absolute Gasteiger partial charge is 0.495 e. The molecule has 3 heterocycles. The number of benzene rings is 1. The number of para-hydroxylation sites is 2. The molecule has 1 aromatic carbocycles. The van der Waals surface area contributed by atoms with E-state index in [9.17, 15) is 4.79 Å². The number of hydrogen-bond donors (Lipinski definition) is 2. The Morgan fingerprint density at radius 2 is 1.92 bits per heavy atom. The van der Waals surface area contributed by atoms with Crippen LogP contribution < -0.4 is 15.4 Å². The molecule has 0 radical (unpaired) electrons. The number of aryl methyl sites for hydroxylation is 1. The van der Waals surface area contributed by atoms with Crippen molar-refractivity contribution in [3.63, 3.8) is 0 Å². The normalized spacial score (nSPS) is 19.8. The summed E-state index contributed by atoms with van der Waals surface area (Å²) in [6.07, 6.45) is 7.16. The van der Waals surface area contributed by atoms with Gasteiger partial charge < -0.3 is 24.8 Å². The number of amides is 1. The van der Waals surface area contributed by atoms with Gasteiger partial charge in [-0.3, -0.25) is 9.78 Å². The van der Waals surface area contributed by atoms with Crippen molar-refractivity contribution in [2.75, 3.05) is 19.0 Å². The number of aromatic nitrogens is 2. The Balaban J connectivity index is 1.42. The topological polar surface area (TPSA) is 71.4 Å². The van der Waals surface area contributed by atoms with Crippen LogP contribution in [-0.4, -0.2) is 39.1 Å². The summed E-state index contributed by atoms with van der Waals surface area (Å²) in [6.45, 7) is 4.92. The van der Waals surface area contributed by atoms with Crippen molar-refractivity contribution in [2.45, 2.75) is 64.1 Å². The molecule has 2 fully saturated rings. The second-order valence-corrected chi connectivity index (χ2v) is 10.3. The van der Waals surface area contributed by atoms with Crippen LogP contribution in [0.25, 0.3) is 0 Å². The Morgan fingerprint density at radius 1 is 1.16 bits per heavy atom. The fraction of sp³-hybridized carbons (Fsp3) is 0.414. The second-order valence-electron chi connectivity index (χ2n) is 9.95. The molecular weight excluding hydrogens is 482 g/mol. The van der Waals surface area contributed by atoms with E-state index in [1.807, 2.05) is 48.7 Å². The van der Waals surface area contributed by atoms with E-state index in [4.69, 9.17) is 17.0 Å². The lowest BCUT2D eigenvalue weighted by atomic mass is 9.96. The van der Waals surface area contributed by atoms with E-state index in [1.165, 1.54) is 42.6 Å². The molecule has 8 heteroatoms. The fourth-order valence-corrected chi connectivity index (χ4v) is 6.33. The molecule has 2 atom stereocenters. The Kier molecular flexibility index (Phi) is 7.46. The van der Waals surface area contributed by atoms with Crippen LogP contribution in [-0.2, 0) is 4.79 Å². The first-order chi connectivity index (χ1) is 18.0. The van der Waals surface area contributed by atoms with Crippen LogP contribution in [0.3, 0.4) is 0 Å². The van der Waals surface area contributed by atoms with Crippen LogP contribution >= 0.6 is 12.2 Å². The van der Waals surface area contributed by atoms with Gasteiger partial charge in [-0.2, -0.15) is 0 Å². The first-order valence-corrected chi connectivity index (χ1v) is 13.5. The van der Waals surface area contributed by atoms with Crippen molar-refractivity contribution < 1.29 is 9.53 Å². The van der Waals surface area contributed by atoms with Gasteiger partial charge in [-0.1, -0.05) is 31.0 Å². The predicted molar refractivity (Wildman–Crippen MR) is 150 cm³/mol.